The van der Waals surface area contributed by atoms with Gasteiger partial charge < -0.3 is 9.80 Å². The lowest BCUT2D eigenvalue weighted by Crippen LogP contribution is -2.40. The highest BCUT2D eigenvalue weighted by Crippen LogP contribution is 2.17. The molecule has 0 aromatic heterocycles. The molecule has 2 aromatic rings. The van der Waals surface area contributed by atoms with Crippen LogP contribution in [0.2, 0.25) is 0 Å². The van der Waals surface area contributed by atoms with Crippen LogP contribution in [0.3, 0.4) is 0 Å². The van der Waals surface area contributed by atoms with Crippen LogP contribution in [0.4, 0.5) is 4.39 Å². The van der Waals surface area contributed by atoms with Crippen LogP contribution >= 0.6 is 0 Å². The number of halogens is 1. The maximum Gasteiger partial charge on any atom is 0.254 e. The van der Waals surface area contributed by atoms with E-state index in [1.165, 1.54) is 29.2 Å². The van der Waals surface area contributed by atoms with Crippen molar-refractivity contribution in [3.8, 4) is 0 Å². The lowest BCUT2D eigenvalue weighted by molar-refractivity contribution is -0.130. The molecule has 2 aromatic carbocycles. The van der Waals surface area contributed by atoms with Crippen LogP contribution < -0.4 is 0 Å². The van der Waals surface area contributed by atoms with Gasteiger partial charge in [0.1, 0.15) is 5.82 Å². The van der Waals surface area contributed by atoms with Gasteiger partial charge in [-0.1, -0.05) is 18.2 Å². The zero-order valence-corrected chi connectivity index (χ0v) is 15.2. The van der Waals surface area contributed by atoms with Gasteiger partial charge >= 0.3 is 0 Å². The quantitative estimate of drug-likeness (QED) is 0.763. The Morgan fingerprint density at radius 3 is 2.19 bits per heavy atom. The van der Waals surface area contributed by atoms with E-state index >= 15 is 0 Å². The predicted octanol–water partition coefficient (Wildman–Crippen LogP) is 2.75. The Labute approximate surface area is 157 Å². The standard InChI is InChI=1S/C21H21FN2O3/c1-23(14-19(25)24-12-4-5-13-24)21(27)18-7-3-2-6-17(18)20(26)15-8-10-16(22)11-9-15/h2-3,6-11H,4-5,12-14H2,1H3. The molecule has 140 valence electrons. The first-order chi connectivity index (χ1) is 13.0. The second-order valence-electron chi connectivity index (χ2n) is 6.63. The molecule has 0 radical (unpaired) electrons. The van der Waals surface area contributed by atoms with Crippen molar-refractivity contribution < 1.29 is 18.8 Å². The SMILES string of the molecule is CN(CC(=O)N1CCCC1)C(=O)c1ccccc1C(=O)c1ccc(F)cc1. The number of carbonyl (C=O) groups is 3. The largest absolute Gasteiger partial charge is 0.341 e. The fourth-order valence-corrected chi connectivity index (χ4v) is 3.17. The first kappa shape index (κ1) is 18.8. The highest BCUT2D eigenvalue weighted by molar-refractivity contribution is 6.15. The average Bonchev–Trinajstić information content (AvgIpc) is 3.22. The molecule has 5 nitrogen and oxygen atoms in total. The molecule has 0 spiro atoms. The third kappa shape index (κ3) is 4.22. The van der Waals surface area contributed by atoms with Gasteiger partial charge in [-0.15, -0.1) is 0 Å². The van der Waals surface area contributed by atoms with Crippen LogP contribution in [-0.4, -0.2) is 54.1 Å². The van der Waals surface area contributed by atoms with Gasteiger partial charge in [-0.3, -0.25) is 14.4 Å². The third-order valence-corrected chi connectivity index (χ3v) is 4.69. The van der Waals surface area contributed by atoms with E-state index in [0.29, 0.717) is 5.56 Å². The van der Waals surface area contributed by atoms with Crippen molar-refractivity contribution >= 4 is 17.6 Å². The zero-order chi connectivity index (χ0) is 19.4. The molecular formula is C21H21FN2O3. The maximum absolute atomic E-state index is 13.1. The number of hydrogen-bond donors (Lipinski definition) is 0. The van der Waals surface area contributed by atoms with Crippen molar-refractivity contribution in [2.75, 3.05) is 26.7 Å². The normalized spacial score (nSPS) is 13.5. The van der Waals surface area contributed by atoms with E-state index in [1.54, 1.807) is 36.2 Å². The van der Waals surface area contributed by atoms with Crippen molar-refractivity contribution in [2.45, 2.75) is 12.8 Å². The molecule has 1 saturated heterocycles. The van der Waals surface area contributed by atoms with Crippen molar-refractivity contribution in [1.82, 2.24) is 9.80 Å². The van der Waals surface area contributed by atoms with Gasteiger partial charge in [-0.2, -0.15) is 0 Å². The zero-order valence-electron chi connectivity index (χ0n) is 15.2. The smallest absolute Gasteiger partial charge is 0.254 e. The van der Waals surface area contributed by atoms with E-state index in [2.05, 4.69) is 0 Å². The number of amides is 2. The summed E-state index contributed by atoms with van der Waals surface area (Å²) >= 11 is 0. The van der Waals surface area contributed by atoms with Crippen LogP contribution in [0.5, 0.6) is 0 Å². The Balaban J connectivity index is 1.79. The highest BCUT2D eigenvalue weighted by atomic mass is 19.1. The number of likely N-dealkylation sites (N-methyl/N-ethyl adjacent to an activating group) is 1. The minimum atomic E-state index is -0.434. The Kier molecular flexibility index (Phi) is 5.64. The van der Waals surface area contributed by atoms with Gasteiger partial charge in [0.25, 0.3) is 5.91 Å². The summed E-state index contributed by atoms with van der Waals surface area (Å²) in [6.45, 7) is 1.42. The second-order valence-corrected chi connectivity index (χ2v) is 6.63. The summed E-state index contributed by atoms with van der Waals surface area (Å²) in [4.78, 5) is 41.0. The van der Waals surface area contributed by atoms with Crippen LogP contribution in [0.25, 0.3) is 0 Å². The Morgan fingerprint density at radius 2 is 1.56 bits per heavy atom. The summed E-state index contributed by atoms with van der Waals surface area (Å²) in [7, 11) is 1.55. The molecule has 6 heteroatoms. The lowest BCUT2D eigenvalue weighted by Gasteiger charge is -2.22. The lowest BCUT2D eigenvalue weighted by atomic mass is 9.97. The van der Waals surface area contributed by atoms with Gasteiger partial charge in [-0.25, -0.2) is 4.39 Å². The molecule has 27 heavy (non-hydrogen) atoms. The molecule has 3 rings (SSSR count). The van der Waals surface area contributed by atoms with E-state index < -0.39 is 11.7 Å². The van der Waals surface area contributed by atoms with Gasteiger partial charge in [0, 0.05) is 31.3 Å². The fraction of sp³-hybridized carbons (Fsp3) is 0.286. The van der Waals surface area contributed by atoms with Crippen molar-refractivity contribution in [3.05, 3.63) is 71.0 Å². The summed E-state index contributed by atoms with van der Waals surface area (Å²) in [5.41, 5.74) is 0.755. The number of benzene rings is 2. The van der Waals surface area contributed by atoms with E-state index in [9.17, 15) is 18.8 Å². The van der Waals surface area contributed by atoms with Crippen molar-refractivity contribution in [2.24, 2.45) is 0 Å². The van der Waals surface area contributed by atoms with Crippen molar-refractivity contribution in [1.29, 1.82) is 0 Å². The Bertz CT molecular complexity index is 858. The maximum atomic E-state index is 13.1. The summed E-state index contributed by atoms with van der Waals surface area (Å²) in [5, 5.41) is 0. The highest BCUT2D eigenvalue weighted by Gasteiger charge is 2.24. The van der Waals surface area contributed by atoms with Crippen LogP contribution in [0.15, 0.2) is 48.5 Å². The monoisotopic (exact) mass is 368 g/mol. The molecule has 0 unspecified atom stereocenters. The molecular weight excluding hydrogens is 347 g/mol. The molecule has 1 aliphatic rings. The van der Waals surface area contributed by atoms with Gasteiger partial charge in [0.05, 0.1) is 12.1 Å². The topological polar surface area (TPSA) is 57.7 Å². The first-order valence-electron chi connectivity index (χ1n) is 8.90. The predicted molar refractivity (Wildman–Crippen MR) is 99.0 cm³/mol. The van der Waals surface area contributed by atoms with Crippen molar-refractivity contribution in [3.63, 3.8) is 0 Å². The molecule has 0 aliphatic carbocycles. The van der Waals surface area contributed by atoms with E-state index in [1.807, 2.05) is 0 Å². The molecule has 0 N–H and O–H groups in total. The van der Waals surface area contributed by atoms with Crippen LogP contribution in [-0.2, 0) is 4.79 Å². The second kappa shape index (κ2) is 8.12. The van der Waals surface area contributed by atoms with Gasteiger partial charge in [-0.05, 0) is 43.2 Å². The number of ketones is 1. The summed E-state index contributed by atoms with van der Waals surface area (Å²) < 4.78 is 13.1. The number of likely N-dealkylation sites (tertiary alicyclic amines) is 1. The van der Waals surface area contributed by atoms with Gasteiger partial charge in [0.15, 0.2) is 5.78 Å². The fourth-order valence-electron chi connectivity index (χ4n) is 3.17. The summed E-state index contributed by atoms with van der Waals surface area (Å²) in [6, 6.07) is 11.7. The minimum absolute atomic E-state index is 0.0299. The number of hydrogen-bond acceptors (Lipinski definition) is 3. The summed E-state index contributed by atoms with van der Waals surface area (Å²) in [6.07, 6.45) is 1.97. The van der Waals surface area contributed by atoms with Crippen LogP contribution in [0, 0.1) is 5.82 Å². The Hall–Kier alpha value is -3.02. The van der Waals surface area contributed by atoms with Crippen LogP contribution in [0.1, 0.15) is 39.1 Å². The summed E-state index contributed by atoms with van der Waals surface area (Å²) in [5.74, 6) is -1.28. The average molecular weight is 368 g/mol. The minimum Gasteiger partial charge on any atom is -0.341 e. The number of rotatable bonds is 5. The third-order valence-electron chi connectivity index (χ3n) is 4.69. The number of carbonyl (C=O) groups excluding carboxylic acids is 3. The molecule has 1 fully saturated rings. The molecule has 0 bridgehead atoms. The van der Waals surface area contributed by atoms with E-state index in [0.717, 1.165) is 25.9 Å². The molecule has 1 heterocycles. The van der Waals surface area contributed by atoms with E-state index in [-0.39, 0.29) is 29.4 Å². The molecule has 0 saturated carbocycles. The molecule has 0 atom stereocenters. The van der Waals surface area contributed by atoms with Gasteiger partial charge in [0.2, 0.25) is 5.91 Å². The number of nitrogens with zero attached hydrogens (tertiary/aromatic N) is 2. The molecule has 1 aliphatic heterocycles. The Morgan fingerprint density at radius 1 is 0.963 bits per heavy atom. The van der Waals surface area contributed by atoms with E-state index in [4.69, 9.17) is 0 Å². The first-order valence-corrected chi connectivity index (χ1v) is 8.90. The molecule has 2 amide bonds.